The highest BCUT2D eigenvalue weighted by Crippen LogP contribution is 2.62. The highest BCUT2D eigenvalue weighted by atomic mass is 19.4. The minimum atomic E-state index is -8.09. The molecule has 2 nitrogen and oxygen atoms in total. The largest absolute Gasteiger partial charge is 0.460 e. The number of nitrogens with zero attached hydrogens (tertiary/aromatic N) is 2. The summed E-state index contributed by atoms with van der Waals surface area (Å²) in [5, 5.41) is 0. The van der Waals surface area contributed by atoms with Gasteiger partial charge in [-0.15, -0.1) is 0 Å². The van der Waals surface area contributed by atoms with E-state index in [1.54, 1.807) is 0 Å². The number of rotatable bonds is 15. The third-order valence-electron chi connectivity index (χ3n) is 8.39. The second-order valence-corrected chi connectivity index (χ2v) is 13.1. The second-order valence-electron chi connectivity index (χ2n) is 13.1. The summed E-state index contributed by atoms with van der Waals surface area (Å²) in [5.74, 6) is -76.1. The first-order valence-corrected chi connectivity index (χ1v) is 15.8. The van der Waals surface area contributed by atoms with Gasteiger partial charge in [-0.25, -0.2) is 0 Å². The second kappa shape index (κ2) is 16.2. The van der Waals surface area contributed by atoms with Gasteiger partial charge < -0.3 is 0 Å². The Labute approximate surface area is 329 Å². The van der Waals surface area contributed by atoms with E-state index in [-0.39, 0.29) is 45.8 Å². The Morgan fingerprint density at radius 3 is 0.742 bits per heavy atom. The number of hydrogen-bond donors (Lipinski definition) is 0. The van der Waals surface area contributed by atoms with Crippen molar-refractivity contribution in [3.63, 3.8) is 0 Å². The molecular weight excluding hydrogens is 930 g/mol. The molecule has 0 amide bonds. The molecule has 0 aromatic heterocycles. The van der Waals surface area contributed by atoms with E-state index in [0.717, 1.165) is 36.7 Å². The van der Waals surface area contributed by atoms with Gasteiger partial charge in [0.1, 0.15) is 0 Å². The lowest BCUT2D eigenvalue weighted by Gasteiger charge is -2.39. The highest BCUT2D eigenvalue weighted by molar-refractivity contribution is 6.17. The molecule has 0 bridgehead atoms. The number of halogens is 26. The number of benzene rings is 2. The van der Waals surface area contributed by atoms with Crippen molar-refractivity contribution in [2.45, 2.75) is 99.3 Å². The minimum Gasteiger partial charge on any atom is -0.255 e. The van der Waals surface area contributed by atoms with Crippen molar-refractivity contribution in [1.29, 1.82) is 0 Å². The fraction of sp³-hybridized carbons (Fsp3) is 0.471. The maximum Gasteiger partial charge on any atom is 0.460 e. The van der Waals surface area contributed by atoms with Crippen molar-refractivity contribution >= 4 is 36.0 Å². The number of aliphatic imine (C=N–C) groups is 2. The van der Waals surface area contributed by atoms with E-state index in [2.05, 4.69) is 9.98 Å². The fourth-order valence-corrected chi connectivity index (χ4v) is 4.97. The van der Waals surface area contributed by atoms with Crippen LogP contribution in [0.4, 0.5) is 126 Å². The Hall–Kier alpha value is -4.56. The molecule has 2 rings (SSSR count). The molecule has 0 N–H and O–H groups in total. The molecule has 0 atom stereocenters. The highest BCUT2D eigenvalue weighted by Gasteiger charge is 2.91. The molecule has 0 heterocycles. The Balaban J connectivity index is 2.37. The first kappa shape index (κ1) is 53.6. The molecule has 28 heteroatoms. The van der Waals surface area contributed by atoms with Gasteiger partial charge in [-0.2, -0.15) is 114 Å². The average Bonchev–Trinajstić information content (AvgIpc) is 3.08. The third-order valence-corrected chi connectivity index (χ3v) is 8.39. The summed E-state index contributed by atoms with van der Waals surface area (Å²) in [6, 6.07) is 3.32. The topological polar surface area (TPSA) is 24.7 Å². The Bertz CT molecular complexity index is 1890. The molecule has 62 heavy (non-hydrogen) atoms. The molecule has 0 spiro atoms. The summed E-state index contributed by atoms with van der Waals surface area (Å²) in [7, 11) is 0. The maximum atomic E-state index is 14.2. The predicted octanol–water partition coefficient (Wildman–Crippen LogP) is 14.5. The van der Waals surface area contributed by atoms with Crippen molar-refractivity contribution in [3.8, 4) is 0 Å². The molecular formula is C34H22F26N2. The van der Waals surface area contributed by atoms with Crippen molar-refractivity contribution in [2.75, 3.05) is 0 Å². The quantitative estimate of drug-likeness (QED) is 0.126. The van der Waals surface area contributed by atoms with Gasteiger partial charge in [0.15, 0.2) is 0 Å². The van der Waals surface area contributed by atoms with E-state index in [9.17, 15) is 114 Å². The van der Waals surface area contributed by atoms with Crippen LogP contribution in [0, 0.1) is 27.7 Å². The fourth-order valence-electron chi connectivity index (χ4n) is 4.97. The van der Waals surface area contributed by atoms with E-state index in [1.807, 2.05) is 0 Å². The zero-order valence-electron chi connectivity index (χ0n) is 30.5. The standard InChI is InChI=1S/C34H22F26N2/c1-15-11-19(5-7-23(35,36)25(39,40)27(43,44)29(47,48)31(51,52)33(55,56)57)12-16(2)21(15)61-9-10-62-22-17(3)13-20(14-18(22)4)6-8-24(37,38)26(41,42)28(45,46)30(49,50)32(53,54)34(58,59)60/h5-14H,1-4H3/b7-5+,8-6+,61-9?,62-10?. The van der Waals surface area contributed by atoms with Gasteiger partial charge in [0.25, 0.3) is 0 Å². The summed E-state index contributed by atoms with van der Waals surface area (Å²) < 4.78 is 348. The molecule has 0 aliphatic heterocycles. The van der Waals surface area contributed by atoms with E-state index in [4.69, 9.17) is 0 Å². The molecule has 2 aromatic rings. The van der Waals surface area contributed by atoms with E-state index < -0.39 is 94.9 Å². The van der Waals surface area contributed by atoms with E-state index in [1.165, 1.54) is 27.7 Å². The summed E-state index contributed by atoms with van der Waals surface area (Å²) in [4.78, 5) is 7.86. The van der Waals surface area contributed by atoms with Crippen LogP contribution in [0.3, 0.4) is 0 Å². The number of alkyl halides is 26. The summed E-state index contributed by atoms with van der Waals surface area (Å²) >= 11 is 0. The van der Waals surface area contributed by atoms with Crippen LogP contribution in [-0.4, -0.2) is 84.0 Å². The van der Waals surface area contributed by atoms with Crippen molar-refractivity contribution in [3.05, 3.63) is 69.8 Å². The summed E-state index contributed by atoms with van der Waals surface area (Å²) in [6.07, 6.45) is -15.9. The van der Waals surface area contributed by atoms with Gasteiger partial charge in [-0.1, -0.05) is 12.2 Å². The monoisotopic (exact) mass is 952 g/mol. The first-order chi connectivity index (χ1) is 27.2. The Morgan fingerprint density at radius 1 is 0.323 bits per heavy atom. The zero-order chi connectivity index (χ0) is 49.1. The van der Waals surface area contributed by atoms with Gasteiger partial charge in [-0.05, 0) is 97.5 Å². The molecule has 0 saturated heterocycles. The van der Waals surface area contributed by atoms with Crippen LogP contribution >= 0.6 is 0 Å². The molecule has 0 saturated carbocycles. The predicted molar refractivity (Wildman–Crippen MR) is 168 cm³/mol. The van der Waals surface area contributed by atoms with E-state index in [0.29, 0.717) is 0 Å². The minimum absolute atomic E-state index is 0.0486. The molecule has 2 aromatic carbocycles. The van der Waals surface area contributed by atoms with Crippen molar-refractivity contribution in [2.24, 2.45) is 9.98 Å². The smallest absolute Gasteiger partial charge is 0.255 e. The van der Waals surface area contributed by atoms with Crippen LogP contribution in [-0.2, 0) is 0 Å². The third kappa shape index (κ3) is 8.83. The lowest BCUT2D eigenvalue weighted by atomic mass is 9.93. The van der Waals surface area contributed by atoms with Crippen LogP contribution < -0.4 is 0 Å². The van der Waals surface area contributed by atoms with Gasteiger partial charge in [0, 0.05) is 12.4 Å². The van der Waals surface area contributed by atoms with Crippen LogP contribution in [0.1, 0.15) is 33.4 Å². The normalized spacial score (nSPS) is 15.6. The van der Waals surface area contributed by atoms with Gasteiger partial charge in [-0.3, -0.25) is 9.98 Å². The average molecular weight is 953 g/mol. The lowest BCUT2D eigenvalue weighted by molar-refractivity contribution is -0.436. The van der Waals surface area contributed by atoms with Gasteiger partial charge in [0.05, 0.1) is 11.4 Å². The molecule has 0 fully saturated rings. The van der Waals surface area contributed by atoms with Gasteiger partial charge >= 0.3 is 71.6 Å². The Morgan fingerprint density at radius 2 is 0.532 bits per heavy atom. The molecule has 0 aliphatic carbocycles. The Kier molecular flexibility index (Phi) is 14.0. The molecule has 0 unspecified atom stereocenters. The van der Waals surface area contributed by atoms with Crippen LogP contribution in [0.2, 0.25) is 0 Å². The zero-order valence-corrected chi connectivity index (χ0v) is 30.5. The number of allylic oxidation sites excluding steroid dienone is 2. The SMILES string of the molecule is Cc1cc(/C=C/C(F)(F)C(F)(F)C(F)(F)C(F)(F)C(F)(F)C(F)(F)F)cc(C)c1N=CC=Nc1c(C)cc(/C=C/C(F)(F)C(F)(F)C(F)(F)C(F)(F)C(F)(F)C(F)(F)F)cc1C. The maximum absolute atomic E-state index is 14.2. The van der Waals surface area contributed by atoms with Crippen LogP contribution in [0.15, 0.2) is 46.4 Å². The van der Waals surface area contributed by atoms with Gasteiger partial charge in [0.2, 0.25) is 0 Å². The number of aryl methyl sites for hydroxylation is 4. The molecule has 350 valence electrons. The lowest BCUT2D eigenvalue weighted by Crippen LogP contribution is -2.69. The van der Waals surface area contributed by atoms with Crippen molar-refractivity contribution < 1.29 is 114 Å². The molecule has 0 aliphatic rings. The van der Waals surface area contributed by atoms with Crippen LogP contribution in [0.25, 0.3) is 12.2 Å². The first-order valence-electron chi connectivity index (χ1n) is 15.8. The summed E-state index contributed by atoms with van der Waals surface area (Å²) in [5.41, 5.74) is -1.50. The van der Waals surface area contributed by atoms with Crippen molar-refractivity contribution in [1.82, 2.24) is 0 Å². The van der Waals surface area contributed by atoms with E-state index >= 15 is 0 Å². The van der Waals surface area contributed by atoms with Crippen LogP contribution in [0.5, 0.6) is 0 Å². The summed E-state index contributed by atoms with van der Waals surface area (Å²) in [6.45, 7) is 4.66. The number of hydrogen-bond acceptors (Lipinski definition) is 2. The molecule has 0 radical (unpaired) electrons.